The van der Waals surface area contributed by atoms with Crippen molar-refractivity contribution >= 4 is 21.6 Å². The van der Waals surface area contributed by atoms with Crippen LogP contribution < -0.4 is 16.2 Å². The first-order chi connectivity index (χ1) is 8.00. The molecule has 1 aromatic rings. The predicted octanol–water partition coefficient (Wildman–Crippen LogP) is -0.695. The molecule has 0 atom stereocenters. The quantitative estimate of drug-likeness (QED) is 0.534. The van der Waals surface area contributed by atoms with Crippen molar-refractivity contribution in [1.82, 2.24) is 9.97 Å². The lowest BCUT2D eigenvalue weighted by atomic mass is 10.4. The second-order valence-corrected chi connectivity index (χ2v) is 6.28. The van der Waals surface area contributed by atoms with Crippen LogP contribution in [-0.4, -0.2) is 43.0 Å². The van der Waals surface area contributed by atoms with Gasteiger partial charge in [0.2, 0.25) is 5.95 Å². The van der Waals surface area contributed by atoms with E-state index in [1.165, 1.54) is 0 Å². The van der Waals surface area contributed by atoms with Gasteiger partial charge in [0.05, 0.1) is 11.5 Å². The van der Waals surface area contributed by atoms with E-state index in [1.807, 2.05) is 17.9 Å². The van der Waals surface area contributed by atoms with E-state index in [-0.39, 0.29) is 11.5 Å². The summed E-state index contributed by atoms with van der Waals surface area (Å²) < 4.78 is 22.7. The summed E-state index contributed by atoms with van der Waals surface area (Å²) in [5.41, 5.74) is 3.18. The third kappa shape index (κ3) is 2.83. The number of anilines is 2. The monoisotopic (exact) mass is 257 g/mol. The highest BCUT2D eigenvalue weighted by atomic mass is 32.2. The Morgan fingerprint density at radius 3 is 2.59 bits per heavy atom. The molecule has 3 N–H and O–H groups in total. The van der Waals surface area contributed by atoms with Crippen molar-refractivity contribution in [2.75, 3.05) is 34.9 Å². The van der Waals surface area contributed by atoms with E-state index in [4.69, 9.17) is 5.84 Å². The van der Waals surface area contributed by atoms with Crippen LogP contribution >= 0.6 is 0 Å². The zero-order valence-electron chi connectivity index (χ0n) is 9.55. The molecule has 1 fully saturated rings. The molecule has 7 nitrogen and oxygen atoms in total. The van der Waals surface area contributed by atoms with Crippen LogP contribution in [0.5, 0.6) is 0 Å². The standard InChI is InChI=1S/C9H15N5O2S/c1-7-6-8(12-9(11-7)13-10)14-2-4-17(15,16)5-3-14/h6H,2-5,10H2,1H3,(H,11,12,13). The highest BCUT2D eigenvalue weighted by Gasteiger charge is 2.22. The average Bonchev–Trinajstić information content (AvgIpc) is 2.28. The van der Waals surface area contributed by atoms with Crippen LogP contribution in [0.2, 0.25) is 0 Å². The fraction of sp³-hybridized carbons (Fsp3) is 0.556. The topological polar surface area (TPSA) is 101 Å². The van der Waals surface area contributed by atoms with Gasteiger partial charge in [0.1, 0.15) is 5.82 Å². The van der Waals surface area contributed by atoms with E-state index >= 15 is 0 Å². The van der Waals surface area contributed by atoms with Crippen molar-refractivity contribution in [2.45, 2.75) is 6.92 Å². The summed E-state index contributed by atoms with van der Waals surface area (Å²) in [7, 11) is -2.87. The summed E-state index contributed by atoms with van der Waals surface area (Å²) in [6.45, 7) is 2.76. The number of rotatable bonds is 2. The van der Waals surface area contributed by atoms with E-state index in [2.05, 4.69) is 15.4 Å². The fourth-order valence-corrected chi connectivity index (χ4v) is 2.92. The van der Waals surface area contributed by atoms with Gasteiger partial charge in [0.25, 0.3) is 0 Å². The Morgan fingerprint density at radius 2 is 2.00 bits per heavy atom. The van der Waals surface area contributed by atoms with Gasteiger partial charge < -0.3 is 4.90 Å². The van der Waals surface area contributed by atoms with Crippen LogP contribution in [0.15, 0.2) is 6.07 Å². The van der Waals surface area contributed by atoms with Crippen LogP contribution in [0, 0.1) is 6.92 Å². The maximum atomic E-state index is 11.3. The predicted molar refractivity (Wildman–Crippen MR) is 65.4 cm³/mol. The van der Waals surface area contributed by atoms with Crippen molar-refractivity contribution in [3.63, 3.8) is 0 Å². The molecule has 8 heteroatoms. The SMILES string of the molecule is Cc1cc(N2CCS(=O)(=O)CC2)nc(NN)n1. The fourth-order valence-electron chi connectivity index (χ4n) is 1.72. The molecule has 94 valence electrons. The van der Waals surface area contributed by atoms with Gasteiger partial charge in [-0.1, -0.05) is 0 Å². The van der Waals surface area contributed by atoms with E-state index in [1.54, 1.807) is 0 Å². The molecule has 0 unspecified atom stereocenters. The molecular formula is C9H15N5O2S. The third-order valence-corrected chi connectivity index (χ3v) is 4.25. The smallest absolute Gasteiger partial charge is 0.239 e. The van der Waals surface area contributed by atoms with E-state index in [0.29, 0.717) is 24.9 Å². The first-order valence-electron chi connectivity index (χ1n) is 5.28. The van der Waals surface area contributed by atoms with Gasteiger partial charge in [-0.3, -0.25) is 5.43 Å². The second kappa shape index (κ2) is 4.46. The Kier molecular flexibility index (Phi) is 3.16. The Labute approximate surface area is 99.9 Å². The maximum absolute atomic E-state index is 11.3. The number of hydrogen-bond acceptors (Lipinski definition) is 7. The van der Waals surface area contributed by atoms with Crippen molar-refractivity contribution in [3.8, 4) is 0 Å². The maximum Gasteiger partial charge on any atom is 0.239 e. The summed E-state index contributed by atoms with van der Waals surface area (Å²) in [5, 5.41) is 0. The second-order valence-electron chi connectivity index (χ2n) is 3.97. The molecule has 0 radical (unpaired) electrons. The van der Waals surface area contributed by atoms with Crippen LogP contribution in [0.25, 0.3) is 0 Å². The van der Waals surface area contributed by atoms with Crippen LogP contribution in [-0.2, 0) is 9.84 Å². The number of sulfone groups is 1. The van der Waals surface area contributed by atoms with Crippen molar-refractivity contribution in [3.05, 3.63) is 11.8 Å². The van der Waals surface area contributed by atoms with Crippen LogP contribution in [0.1, 0.15) is 5.69 Å². The molecule has 0 amide bonds. The van der Waals surface area contributed by atoms with Gasteiger partial charge in [-0.25, -0.2) is 19.2 Å². The minimum absolute atomic E-state index is 0.168. The zero-order chi connectivity index (χ0) is 12.5. The minimum Gasteiger partial charge on any atom is -0.354 e. The summed E-state index contributed by atoms with van der Waals surface area (Å²) in [6.07, 6.45) is 0. The molecule has 2 rings (SSSR count). The third-order valence-electron chi connectivity index (χ3n) is 2.64. The van der Waals surface area contributed by atoms with Gasteiger partial charge >= 0.3 is 0 Å². The van der Waals surface area contributed by atoms with Gasteiger partial charge in [0, 0.05) is 24.8 Å². The largest absolute Gasteiger partial charge is 0.354 e. The highest BCUT2D eigenvalue weighted by Crippen LogP contribution is 2.17. The molecule has 0 bridgehead atoms. The summed E-state index contributed by atoms with van der Waals surface area (Å²) in [6, 6.07) is 1.82. The summed E-state index contributed by atoms with van der Waals surface area (Å²) in [5.74, 6) is 6.66. The lowest BCUT2D eigenvalue weighted by Crippen LogP contribution is -2.40. The molecular weight excluding hydrogens is 242 g/mol. The summed E-state index contributed by atoms with van der Waals surface area (Å²) >= 11 is 0. The minimum atomic E-state index is -2.87. The Morgan fingerprint density at radius 1 is 1.35 bits per heavy atom. The highest BCUT2D eigenvalue weighted by molar-refractivity contribution is 7.91. The first-order valence-corrected chi connectivity index (χ1v) is 7.10. The van der Waals surface area contributed by atoms with Gasteiger partial charge in [-0.2, -0.15) is 4.98 Å². The molecule has 0 saturated carbocycles. The molecule has 0 aromatic carbocycles. The lowest BCUT2D eigenvalue weighted by molar-refractivity contribution is 0.586. The van der Waals surface area contributed by atoms with Crippen molar-refractivity contribution in [2.24, 2.45) is 5.84 Å². The molecule has 1 aliphatic heterocycles. The number of hydrazine groups is 1. The molecule has 1 aliphatic rings. The van der Waals surface area contributed by atoms with Gasteiger partial charge in [0.15, 0.2) is 9.84 Å². The number of hydrogen-bond donors (Lipinski definition) is 2. The molecule has 1 aromatic heterocycles. The number of nitrogen functional groups attached to an aromatic ring is 1. The number of nitrogens with two attached hydrogens (primary N) is 1. The van der Waals surface area contributed by atoms with Gasteiger partial charge in [-0.05, 0) is 6.92 Å². The molecule has 2 heterocycles. The van der Waals surface area contributed by atoms with Gasteiger partial charge in [-0.15, -0.1) is 0 Å². The van der Waals surface area contributed by atoms with E-state index in [9.17, 15) is 8.42 Å². The average molecular weight is 257 g/mol. The number of nitrogens with one attached hydrogen (secondary N) is 1. The molecule has 0 spiro atoms. The Hall–Kier alpha value is -1.41. The number of aromatic nitrogens is 2. The Bertz CT molecular complexity index is 502. The van der Waals surface area contributed by atoms with Crippen LogP contribution in [0.4, 0.5) is 11.8 Å². The normalized spacial score (nSPS) is 19.1. The molecule has 17 heavy (non-hydrogen) atoms. The van der Waals surface area contributed by atoms with Crippen LogP contribution in [0.3, 0.4) is 0 Å². The molecule has 0 aliphatic carbocycles. The van der Waals surface area contributed by atoms with E-state index in [0.717, 1.165) is 5.69 Å². The summed E-state index contributed by atoms with van der Waals surface area (Å²) in [4.78, 5) is 10.2. The number of aryl methyl sites for hydroxylation is 1. The van der Waals surface area contributed by atoms with Crippen molar-refractivity contribution in [1.29, 1.82) is 0 Å². The molecule has 1 saturated heterocycles. The lowest BCUT2D eigenvalue weighted by Gasteiger charge is -2.27. The van der Waals surface area contributed by atoms with E-state index < -0.39 is 9.84 Å². The first kappa shape index (κ1) is 12.1. The van der Waals surface area contributed by atoms with Crippen molar-refractivity contribution < 1.29 is 8.42 Å². The Balaban J connectivity index is 2.21. The zero-order valence-corrected chi connectivity index (χ0v) is 10.4. The number of nitrogens with zero attached hydrogens (tertiary/aromatic N) is 3.